The van der Waals surface area contributed by atoms with Gasteiger partial charge in [0.15, 0.2) is 5.65 Å². The lowest BCUT2D eigenvalue weighted by Gasteiger charge is -2.38. The third kappa shape index (κ3) is 4.57. The SMILES string of the molecule is C[C@@H](C(=O)N(C)C)C1CC(Oc2nc3nc(-c4ccc(N5CCOCC5)cc4)c(Cl)cc3[nH]2)C1. The molecular weight excluding hydrogens is 454 g/mol. The Morgan fingerprint density at radius 1 is 1.21 bits per heavy atom. The number of hydrogen-bond acceptors (Lipinski definition) is 6. The third-order valence-electron chi connectivity index (χ3n) is 6.87. The van der Waals surface area contributed by atoms with Crippen LogP contribution in [0.2, 0.25) is 5.02 Å². The minimum absolute atomic E-state index is 0.00295. The van der Waals surface area contributed by atoms with Gasteiger partial charge in [-0.05, 0) is 37.0 Å². The number of halogens is 1. The summed E-state index contributed by atoms with van der Waals surface area (Å²) in [6.07, 6.45) is 1.73. The van der Waals surface area contributed by atoms with Crippen molar-refractivity contribution in [3.63, 3.8) is 0 Å². The molecule has 2 aliphatic rings. The average molecular weight is 484 g/mol. The molecule has 1 amide bonds. The molecule has 3 aromatic rings. The van der Waals surface area contributed by atoms with E-state index in [9.17, 15) is 4.79 Å². The maximum atomic E-state index is 12.2. The summed E-state index contributed by atoms with van der Waals surface area (Å²) < 4.78 is 11.5. The first-order valence-corrected chi connectivity index (χ1v) is 12.1. The monoisotopic (exact) mass is 483 g/mol. The number of nitrogens with zero attached hydrogens (tertiary/aromatic N) is 4. The molecule has 1 saturated heterocycles. The number of aromatic nitrogens is 3. The number of carbonyl (C=O) groups excluding carboxylic acids is 1. The highest BCUT2D eigenvalue weighted by molar-refractivity contribution is 6.33. The number of carbonyl (C=O) groups is 1. The summed E-state index contributed by atoms with van der Waals surface area (Å²) in [4.78, 5) is 28.6. The molecular formula is C25H30ClN5O3. The number of imidazole rings is 1. The van der Waals surface area contributed by atoms with Gasteiger partial charge in [-0.15, -0.1) is 0 Å². The molecule has 0 radical (unpaired) electrons. The zero-order chi connectivity index (χ0) is 23.8. The van der Waals surface area contributed by atoms with Gasteiger partial charge in [0.05, 0.1) is 29.4 Å². The van der Waals surface area contributed by atoms with Gasteiger partial charge < -0.3 is 24.3 Å². The van der Waals surface area contributed by atoms with E-state index in [1.54, 1.807) is 19.0 Å². The largest absolute Gasteiger partial charge is 0.461 e. The van der Waals surface area contributed by atoms with Gasteiger partial charge in [-0.1, -0.05) is 30.7 Å². The number of amides is 1. The molecule has 5 rings (SSSR count). The minimum atomic E-state index is 0.00295. The molecule has 180 valence electrons. The predicted molar refractivity (Wildman–Crippen MR) is 132 cm³/mol. The van der Waals surface area contributed by atoms with Crippen LogP contribution < -0.4 is 9.64 Å². The fourth-order valence-corrected chi connectivity index (χ4v) is 4.94. The molecule has 2 aromatic heterocycles. The summed E-state index contributed by atoms with van der Waals surface area (Å²) in [5, 5.41) is 0.557. The minimum Gasteiger partial charge on any atom is -0.461 e. The van der Waals surface area contributed by atoms with Gasteiger partial charge in [0, 0.05) is 44.4 Å². The van der Waals surface area contributed by atoms with Crippen molar-refractivity contribution in [2.75, 3.05) is 45.3 Å². The Morgan fingerprint density at radius 3 is 2.59 bits per heavy atom. The van der Waals surface area contributed by atoms with Crippen LogP contribution >= 0.6 is 11.6 Å². The second kappa shape index (κ2) is 9.43. The Bertz CT molecular complexity index is 1170. The van der Waals surface area contributed by atoms with E-state index in [0.29, 0.717) is 28.3 Å². The number of fused-ring (bicyclic) bond motifs is 1. The van der Waals surface area contributed by atoms with E-state index in [1.165, 1.54) is 5.69 Å². The van der Waals surface area contributed by atoms with Crippen LogP contribution in [0.5, 0.6) is 6.01 Å². The van der Waals surface area contributed by atoms with Gasteiger partial charge >= 0.3 is 0 Å². The highest BCUT2D eigenvalue weighted by atomic mass is 35.5. The first kappa shape index (κ1) is 22.9. The van der Waals surface area contributed by atoms with Crippen LogP contribution in [0.15, 0.2) is 30.3 Å². The van der Waals surface area contributed by atoms with E-state index in [2.05, 4.69) is 27.0 Å². The number of H-pyrrole nitrogens is 1. The number of hydrogen-bond donors (Lipinski definition) is 1. The van der Waals surface area contributed by atoms with E-state index >= 15 is 0 Å². The molecule has 1 saturated carbocycles. The van der Waals surface area contributed by atoms with Crippen LogP contribution in [0, 0.1) is 11.8 Å². The molecule has 1 aliphatic heterocycles. The van der Waals surface area contributed by atoms with Crippen molar-refractivity contribution < 1.29 is 14.3 Å². The van der Waals surface area contributed by atoms with Gasteiger partial charge in [0.1, 0.15) is 6.10 Å². The number of ether oxygens (including phenoxy) is 2. The molecule has 8 nitrogen and oxygen atoms in total. The van der Waals surface area contributed by atoms with Gasteiger partial charge in [-0.2, -0.15) is 4.98 Å². The molecule has 0 bridgehead atoms. The maximum Gasteiger partial charge on any atom is 0.296 e. The van der Waals surface area contributed by atoms with Gasteiger partial charge in [0.25, 0.3) is 6.01 Å². The molecule has 0 unspecified atom stereocenters. The van der Waals surface area contributed by atoms with Crippen molar-refractivity contribution in [3.05, 3.63) is 35.4 Å². The first-order chi connectivity index (χ1) is 16.4. The number of anilines is 1. The lowest BCUT2D eigenvalue weighted by atomic mass is 9.74. The molecule has 0 spiro atoms. The quantitative estimate of drug-likeness (QED) is 0.570. The van der Waals surface area contributed by atoms with Crippen molar-refractivity contribution >= 4 is 34.4 Å². The lowest BCUT2D eigenvalue weighted by Crippen LogP contribution is -2.42. The maximum absolute atomic E-state index is 12.2. The van der Waals surface area contributed by atoms with Crippen molar-refractivity contribution in [1.82, 2.24) is 19.9 Å². The van der Waals surface area contributed by atoms with Crippen molar-refractivity contribution in [3.8, 4) is 17.3 Å². The standard InChI is InChI=1S/C25H30ClN5O3/c1-15(24(32)30(2)3)17-12-19(13-17)34-25-27-21-14-20(26)22(28-23(21)29-25)16-4-6-18(7-5-16)31-8-10-33-11-9-31/h4-7,14-15,17,19H,8-13H2,1-3H3,(H,27,28,29)/t15-,17?,19?/m1/s1. The van der Waals surface area contributed by atoms with Gasteiger partial charge in [-0.3, -0.25) is 4.79 Å². The zero-order valence-corrected chi connectivity index (χ0v) is 20.5. The van der Waals surface area contributed by atoms with Crippen molar-refractivity contribution in [2.45, 2.75) is 25.9 Å². The normalized spacial score (nSPS) is 21.2. The van der Waals surface area contributed by atoms with Crippen LogP contribution in [0.4, 0.5) is 5.69 Å². The van der Waals surface area contributed by atoms with Crippen LogP contribution in [0.25, 0.3) is 22.4 Å². The smallest absolute Gasteiger partial charge is 0.296 e. The van der Waals surface area contributed by atoms with Crippen LogP contribution in [0.3, 0.4) is 0 Å². The van der Waals surface area contributed by atoms with Gasteiger partial charge in [-0.25, -0.2) is 4.98 Å². The topological polar surface area (TPSA) is 83.6 Å². The second-order valence-corrected chi connectivity index (χ2v) is 9.78. The summed E-state index contributed by atoms with van der Waals surface area (Å²) in [5.41, 5.74) is 4.11. The van der Waals surface area contributed by atoms with Crippen LogP contribution in [-0.4, -0.2) is 72.3 Å². The predicted octanol–water partition coefficient (Wildman–Crippen LogP) is 4.00. The van der Waals surface area contributed by atoms with E-state index in [1.807, 2.05) is 25.1 Å². The van der Waals surface area contributed by atoms with E-state index in [0.717, 1.165) is 50.2 Å². The molecule has 3 heterocycles. The Labute approximate surface area is 204 Å². The van der Waals surface area contributed by atoms with Crippen LogP contribution in [0.1, 0.15) is 19.8 Å². The Balaban J connectivity index is 1.27. The van der Waals surface area contributed by atoms with Crippen molar-refractivity contribution in [1.29, 1.82) is 0 Å². The Kier molecular flexibility index (Phi) is 6.36. The molecule has 1 atom stereocenters. The van der Waals surface area contributed by atoms with E-state index in [-0.39, 0.29) is 17.9 Å². The van der Waals surface area contributed by atoms with Crippen LogP contribution in [-0.2, 0) is 9.53 Å². The fourth-order valence-electron chi connectivity index (χ4n) is 4.68. The first-order valence-electron chi connectivity index (χ1n) is 11.8. The van der Waals surface area contributed by atoms with Gasteiger partial charge in [0.2, 0.25) is 5.91 Å². The summed E-state index contributed by atoms with van der Waals surface area (Å²) in [7, 11) is 3.59. The number of aromatic amines is 1. The summed E-state index contributed by atoms with van der Waals surface area (Å²) in [5.74, 6) is 0.503. The third-order valence-corrected chi connectivity index (χ3v) is 7.16. The molecule has 1 N–H and O–H groups in total. The number of benzene rings is 1. The highest BCUT2D eigenvalue weighted by Crippen LogP contribution is 2.37. The summed E-state index contributed by atoms with van der Waals surface area (Å²) >= 11 is 6.57. The number of morpholine rings is 1. The van der Waals surface area contributed by atoms with E-state index in [4.69, 9.17) is 26.1 Å². The molecule has 34 heavy (non-hydrogen) atoms. The molecule has 1 aromatic carbocycles. The molecule has 9 heteroatoms. The fraction of sp³-hybridized carbons (Fsp3) is 0.480. The van der Waals surface area contributed by atoms with Crippen molar-refractivity contribution in [2.24, 2.45) is 11.8 Å². The lowest BCUT2D eigenvalue weighted by molar-refractivity contribution is -0.136. The molecule has 2 fully saturated rings. The average Bonchev–Trinajstić information content (AvgIpc) is 3.21. The summed E-state index contributed by atoms with van der Waals surface area (Å²) in [6, 6.07) is 10.6. The highest BCUT2D eigenvalue weighted by Gasteiger charge is 2.38. The van der Waals surface area contributed by atoms with E-state index < -0.39 is 0 Å². The summed E-state index contributed by atoms with van der Waals surface area (Å²) in [6.45, 7) is 5.29. The molecule has 1 aliphatic carbocycles. The Morgan fingerprint density at radius 2 is 1.91 bits per heavy atom. The number of pyridine rings is 1. The Hall–Kier alpha value is -2.84. The number of nitrogens with one attached hydrogen (secondary N) is 1. The zero-order valence-electron chi connectivity index (χ0n) is 19.8. The second-order valence-electron chi connectivity index (χ2n) is 9.37. The number of rotatable bonds is 6.